The quantitative estimate of drug-likeness (QED) is 0.669. The molecule has 0 aliphatic carbocycles. The summed E-state index contributed by atoms with van der Waals surface area (Å²) in [5.41, 5.74) is 1.33. The van der Waals surface area contributed by atoms with Crippen LogP contribution in [0.25, 0.3) is 0 Å². The molecule has 0 unspecified atom stereocenters. The number of hydrogen-bond acceptors (Lipinski definition) is 2. The average molecular weight is 164 g/mol. The third kappa shape index (κ3) is 3.49. The summed E-state index contributed by atoms with van der Waals surface area (Å²) in [6, 6.07) is 4.11. The van der Waals surface area contributed by atoms with Gasteiger partial charge >= 0.3 is 0 Å². The van der Waals surface area contributed by atoms with Gasteiger partial charge in [-0.15, -0.1) is 0 Å². The Morgan fingerprint density at radius 2 is 2.42 bits per heavy atom. The molecule has 2 nitrogen and oxygen atoms in total. The molecule has 0 atom stereocenters. The van der Waals surface area contributed by atoms with Gasteiger partial charge in [-0.25, -0.2) is 0 Å². The van der Waals surface area contributed by atoms with Gasteiger partial charge in [0.05, 0.1) is 0 Å². The van der Waals surface area contributed by atoms with Crippen LogP contribution in [0.1, 0.15) is 18.9 Å². The van der Waals surface area contributed by atoms with Crippen molar-refractivity contribution in [3.8, 4) is 0 Å². The molecule has 0 fully saturated rings. The van der Waals surface area contributed by atoms with E-state index >= 15 is 0 Å². The zero-order chi connectivity index (χ0) is 8.65. The van der Waals surface area contributed by atoms with Gasteiger partial charge < -0.3 is 5.32 Å². The molecule has 2 heteroatoms. The molecule has 12 heavy (non-hydrogen) atoms. The van der Waals surface area contributed by atoms with Gasteiger partial charge in [0, 0.05) is 12.4 Å². The predicted molar refractivity (Wildman–Crippen MR) is 51.1 cm³/mol. The molecule has 1 aromatic rings. The zero-order valence-corrected chi connectivity index (χ0v) is 7.59. The molecule has 1 aromatic heterocycles. The first-order chi connectivity index (χ1) is 5.93. The Balaban J connectivity index is 2.16. The minimum absolute atomic E-state index is 1.06. The van der Waals surface area contributed by atoms with Gasteiger partial charge in [0.15, 0.2) is 0 Å². The SMILES string of the molecule is CCNCCCc1cccnc1. The fourth-order valence-electron chi connectivity index (χ4n) is 1.14. The smallest absolute Gasteiger partial charge is 0.0299 e. The summed E-state index contributed by atoms with van der Waals surface area (Å²) in [5, 5.41) is 3.30. The third-order valence-corrected chi connectivity index (χ3v) is 1.79. The first-order valence-electron chi connectivity index (χ1n) is 4.53. The molecule has 0 amide bonds. The van der Waals surface area contributed by atoms with Crippen molar-refractivity contribution in [1.29, 1.82) is 0 Å². The summed E-state index contributed by atoms with van der Waals surface area (Å²) in [4.78, 5) is 4.06. The van der Waals surface area contributed by atoms with E-state index < -0.39 is 0 Å². The number of hydrogen-bond donors (Lipinski definition) is 1. The molecule has 0 aromatic carbocycles. The van der Waals surface area contributed by atoms with Crippen LogP contribution in [0.2, 0.25) is 0 Å². The number of nitrogens with zero attached hydrogens (tertiary/aromatic N) is 1. The number of pyridine rings is 1. The van der Waals surface area contributed by atoms with Crippen LogP contribution in [-0.2, 0) is 6.42 Å². The molecule has 0 saturated heterocycles. The molecule has 0 saturated carbocycles. The van der Waals surface area contributed by atoms with E-state index in [1.807, 2.05) is 18.5 Å². The van der Waals surface area contributed by atoms with Gasteiger partial charge in [0.1, 0.15) is 0 Å². The van der Waals surface area contributed by atoms with Gasteiger partial charge in [0.25, 0.3) is 0 Å². The second kappa shape index (κ2) is 5.72. The van der Waals surface area contributed by atoms with Crippen LogP contribution in [0, 0.1) is 0 Å². The first kappa shape index (κ1) is 9.20. The van der Waals surface area contributed by atoms with E-state index in [1.165, 1.54) is 12.0 Å². The zero-order valence-electron chi connectivity index (χ0n) is 7.59. The van der Waals surface area contributed by atoms with Crippen molar-refractivity contribution in [2.24, 2.45) is 0 Å². The van der Waals surface area contributed by atoms with E-state index in [2.05, 4.69) is 23.3 Å². The summed E-state index contributed by atoms with van der Waals surface area (Å²) in [5.74, 6) is 0. The maximum atomic E-state index is 4.06. The van der Waals surface area contributed by atoms with E-state index in [1.54, 1.807) is 0 Å². The highest BCUT2D eigenvalue weighted by Crippen LogP contribution is 1.98. The van der Waals surface area contributed by atoms with Crippen LogP contribution in [0.4, 0.5) is 0 Å². The van der Waals surface area contributed by atoms with Crippen LogP contribution >= 0.6 is 0 Å². The third-order valence-electron chi connectivity index (χ3n) is 1.79. The molecule has 0 spiro atoms. The monoisotopic (exact) mass is 164 g/mol. The van der Waals surface area contributed by atoms with E-state index in [0.717, 1.165) is 19.5 Å². The fourth-order valence-corrected chi connectivity index (χ4v) is 1.14. The summed E-state index contributed by atoms with van der Waals surface area (Å²) in [7, 11) is 0. The van der Waals surface area contributed by atoms with E-state index in [9.17, 15) is 0 Å². The lowest BCUT2D eigenvalue weighted by atomic mass is 10.1. The van der Waals surface area contributed by atoms with Crippen molar-refractivity contribution in [2.75, 3.05) is 13.1 Å². The minimum Gasteiger partial charge on any atom is -0.317 e. The van der Waals surface area contributed by atoms with Crippen molar-refractivity contribution in [3.63, 3.8) is 0 Å². The summed E-state index contributed by atoms with van der Waals surface area (Å²) < 4.78 is 0. The normalized spacial score (nSPS) is 10.1. The van der Waals surface area contributed by atoms with Gasteiger partial charge in [0.2, 0.25) is 0 Å². The molecule has 0 radical (unpaired) electrons. The lowest BCUT2D eigenvalue weighted by Gasteiger charge is -2.00. The van der Waals surface area contributed by atoms with Crippen LogP contribution in [-0.4, -0.2) is 18.1 Å². The Morgan fingerprint density at radius 3 is 3.08 bits per heavy atom. The number of aryl methyl sites for hydroxylation is 1. The van der Waals surface area contributed by atoms with Crippen molar-refractivity contribution in [2.45, 2.75) is 19.8 Å². The first-order valence-corrected chi connectivity index (χ1v) is 4.53. The summed E-state index contributed by atoms with van der Waals surface area (Å²) in [6.07, 6.45) is 6.07. The molecule has 1 rings (SSSR count). The lowest BCUT2D eigenvalue weighted by Crippen LogP contribution is -2.14. The van der Waals surface area contributed by atoms with Crippen molar-refractivity contribution < 1.29 is 0 Å². The molecular weight excluding hydrogens is 148 g/mol. The van der Waals surface area contributed by atoms with Crippen LogP contribution in [0.15, 0.2) is 24.5 Å². The number of nitrogens with one attached hydrogen (secondary N) is 1. The van der Waals surface area contributed by atoms with E-state index in [0.29, 0.717) is 0 Å². The maximum Gasteiger partial charge on any atom is 0.0299 e. The summed E-state index contributed by atoms with van der Waals surface area (Å²) in [6.45, 7) is 4.29. The summed E-state index contributed by atoms with van der Waals surface area (Å²) >= 11 is 0. The highest BCUT2D eigenvalue weighted by Gasteiger charge is 1.90. The topological polar surface area (TPSA) is 24.9 Å². The van der Waals surface area contributed by atoms with Gasteiger partial charge in [-0.3, -0.25) is 4.98 Å². The van der Waals surface area contributed by atoms with Crippen molar-refractivity contribution >= 4 is 0 Å². The Bertz CT molecular complexity index is 196. The average Bonchev–Trinajstić information content (AvgIpc) is 2.14. The number of aromatic nitrogens is 1. The molecule has 66 valence electrons. The molecule has 0 aliphatic rings. The Labute approximate surface area is 74.0 Å². The largest absolute Gasteiger partial charge is 0.317 e. The second-order valence-electron chi connectivity index (χ2n) is 2.82. The fraction of sp³-hybridized carbons (Fsp3) is 0.500. The maximum absolute atomic E-state index is 4.06. The van der Waals surface area contributed by atoms with Crippen LogP contribution in [0.3, 0.4) is 0 Å². The highest BCUT2D eigenvalue weighted by atomic mass is 14.8. The Kier molecular flexibility index (Phi) is 4.39. The minimum atomic E-state index is 1.06. The van der Waals surface area contributed by atoms with E-state index in [4.69, 9.17) is 0 Å². The molecular formula is C10H16N2. The van der Waals surface area contributed by atoms with Crippen molar-refractivity contribution in [1.82, 2.24) is 10.3 Å². The molecule has 0 aliphatic heterocycles. The van der Waals surface area contributed by atoms with Crippen LogP contribution in [0.5, 0.6) is 0 Å². The highest BCUT2D eigenvalue weighted by molar-refractivity contribution is 5.08. The van der Waals surface area contributed by atoms with Gasteiger partial charge in [-0.05, 0) is 37.6 Å². The molecule has 0 bridgehead atoms. The predicted octanol–water partition coefficient (Wildman–Crippen LogP) is 1.62. The Hall–Kier alpha value is -0.890. The molecule has 1 heterocycles. The second-order valence-corrected chi connectivity index (χ2v) is 2.82. The molecule has 1 N–H and O–H groups in total. The van der Waals surface area contributed by atoms with Crippen LogP contribution < -0.4 is 5.32 Å². The van der Waals surface area contributed by atoms with Gasteiger partial charge in [-0.2, -0.15) is 0 Å². The number of rotatable bonds is 5. The Morgan fingerprint density at radius 1 is 1.50 bits per heavy atom. The van der Waals surface area contributed by atoms with Gasteiger partial charge in [-0.1, -0.05) is 13.0 Å². The standard InChI is InChI=1S/C10H16N2/c1-2-11-7-3-5-10-6-4-8-12-9-10/h4,6,8-9,11H,2-3,5,7H2,1H3. The lowest BCUT2D eigenvalue weighted by molar-refractivity contribution is 0.672. The van der Waals surface area contributed by atoms with Crippen molar-refractivity contribution in [3.05, 3.63) is 30.1 Å². The van der Waals surface area contributed by atoms with E-state index in [-0.39, 0.29) is 0 Å².